The van der Waals surface area contributed by atoms with E-state index < -0.39 is 5.97 Å². The molecule has 2 aromatic carbocycles. The third-order valence-electron chi connectivity index (χ3n) is 7.72. The lowest BCUT2D eigenvalue weighted by Gasteiger charge is -2.37. The summed E-state index contributed by atoms with van der Waals surface area (Å²) >= 11 is 0. The number of aromatic carboxylic acids is 1. The molecule has 0 aliphatic carbocycles. The molecule has 0 amide bonds. The molecule has 0 saturated carbocycles. The number of carboxylic acid groups (broad SMARTS) is 1. The standard InChI is InChI=1S/C29H35N3O4/c1-19(30-24-9-5-4-8-21(24)28(34)35)22-16-20(31-12-6-7-13-31)17-23-25(33)18-26(36-27(22)23)32-14-10-29(2,3)11-15-32/h4-5,8-9,16-19,30H,6-7,10-15H2,1-3H3,(H,34,35). The molecule has 36 heavy (non-hydrogen) atoms. The van der Waals surface area contributed by atoms with E-state index in [2.05, 4.69) is 35.0 Å². The molecule has 7 heteroatoms. The first-order valence-electron chi connectivity index (χ1n) is 12.9. The van der Waals surface area contributed by atoms with Crippen LogP contribution in [-0.2, 0) is 0 Å². The first kappa shape index (κ1) is 24.2. The molecule has 2 aliphatic heterocycles. The van der Waals surface area contributed by atoms with Crippen molar-refractivity contribution in [3.05, 3.63) is 63.8 Å². The van der Waals surface area contributed by atoms with Crippen LogP contribution in [0.5, 0.6) is 0 Å². The van der Waals surface area contributed by atoms with E-state index in [0.717, 1.165) is 63.1 Å². The Balaban J connectivity index is 1.59. The summed E-state index contributed by atoms with van der Waals surface area (Å²) in [6, 6.07) is 12.3. The van der Waals surface area contributed by atoms with Gasteiger partial charge in [-0.1, -0.05) is 26.0 Å². The summed E-state index contributed by atoms with van der Waals surface area (Å²) in [6.07, 6.45) is 4.34. The fourth-order valence-electron chi connectivity index (χ4n) is 5.33. The fraction of sp³-hybridized carbons (Fsp3) is 0.448. The topological polar surface area (TPSA) is 86.0 Å². The molecule has 3 aromatic rings. The summed E-state index contributed by atoms with van der Waals surface area (Å²) in [5.74, 6) is -0.376. The molecule has 1 aromatic heterocycles. The van der Waals surface area contributed by atoms with Crippen LogP contribution in [0, 0.1) is 5.41 Å². The van der Waals surface area contributed by atoms with Crippen molar-refractivity contribution in [2.24, 2.45) is 5.41 Å². The second-order valence-electron chi connectivity index (χ2n) is 10.9. The van der Waals surface area contributed by atoms with Crippen LogP contribution >= 0.6 is 0 Å². The summed E-state index contributed by atoms with van der Waals surface area (Å²) in [7, 11) is 0. The fourth-order valence-corrected chi connectivity index (χ4v) is 5.33. The van der Waals surface area contributed by atoms with Crippen molar-refractivity contribution in [2.45, 2.75) is 52.5 Å². The van der Waals surface area contributed by atoms with E-state index in [1.165, 1.54) is 0 Å². The van der Waals surface area contributed by atoms with Crippen LogP contribution in [0.3, 0.4) is 0 Å². The number of carboxylic acids is 1. The summed E-state index contributed by atoms with van der Waals surface area (Å²) in [6.45, 7) is 10.2. The van der Waals surface area contributed by atoms with Crippen molar-refractivity contribution >= 4 is 34.2 Å². The third kappa shape index (κ3) is 4.79. The molecule has 1 unspecified atom stereocenters. The maximum atomic E-state index is 13.4. The van der Waals surface area contributed by atoms with Gasteiger partial charge in [-0.2, -0.15) is 0 Å². The second-order valence-corrected chi connectivity index (χ2v) is 10.9. The van der Waals surface area contributed by atoms with Crippen molar-refractivity contribution in [3.63, 3.8) is 0 Å². The molecule has 0 radical (unpaired) electrons. The van der Waals surface area contributed by atoms with E-state index >= 15 is 0 Å². The highest BCUT2D eigenvalue weighted by molar-refractivity contribution is 5.94. The number of hydrogen-bond acceptors (Lipinski definition) is 6. The zero-order valence-electron chi connectivity index (χ0n) is 21.3. The van der Waals surface area contributed by atoms with Crippen molar-refractivity contribution in [1.82, 2.24) is 0 Å². The number of hydrogen-bond donors (Lipinski definition) is 2. The molecule has 3 heterocycles. The molecule has 2 N–H and O–H groups in total. The van der Waals surface area contributed by atoms with Gasteiger partial charge in [-0.05, 0) is 62.3 Å². The van der Waals surface area contributed by atoms with Gasteiger partial charge in [0.05, 0.1) is 17.0 Å². The Morgan fingerprint density at radius 2 is 1.72 bits per heavy atom. The van der Waals surface area contributed by atoms with E-state index in [1.807, 2.05) is 19.1 Å². The van der Waals surface area contributed by atoms with Crippen molar-refractivity contribution in [2.75, 3.05) is 41.3 Å². The van der Waals surface area contributed by atoms with Gasteiger partial charge >= 0.3 is 5.97 Å². The lowest BCUT2D eigenvalue weighted by molar-refractivity contribution is 0.0698. The van der Waals surface area contributed by atoms with Crippen LogP contribution in [0.15, 0.2) is 51.7 Å². The number of piperidine rings is 1. The molecule has 1 atom stereocenters. The SMILES string of the molecule is CC(Nc1ccccc1C(=O)O)c1cc(N2CCCC2)cc2c(=O)cc(N3CCC(C)(C)CC3)oc12. The molecule has 7 nitrogen and oxygen atoms in total. The molecular formula is C29H35N3O4. The average molecular weight is 490 g/mol. The minimum absolute atomic E-state index is 0.0449. The monoisotopic (exact) mass is 489 g/mol. The number of nitrogens with one attached hydrogen (secondary N) is 1. The summed E-state index contributed by atoms with van der Waals surface area (Å²) < 4.78 is 6.49. The Morgan fingerprint density at radius 3 is 2.42 bits per heavy atom. The van der Waals surface area contributed by atoms with Gasteiger partial charge in [0.1, 0.15) is 5.58 Å². The van der Waals surface area contributed by atoms with Gasteiger partial charge in [-0.25, -0.2) is 4.79 Å². The van der Waals surface area contributed by atoms with Gasteiger partial charge in [0.15, 0.2) is 11.3 Å². The summed E-state index contributed by atoms with van der Waals surface area (Å²) in [4.78, 5) is 29.7. The number of fused-ring (bicyclic) bond motifs is 1. The first-order chi connectivity index (χ1) is 17.2. The van der Waals surface area contributed by atoms with Crippen LogP contribution < -0.4 is 20.5 Å². The van der Waals surface area contributed by atoms with Crippen LogP contribution in [-0.4, -0.2) is 37.3 Å². The summed E-state index contributed by atoms with van der Waals surface area (Å²) in [5.41, 5.74) is 3.42. The van der Waals surface area contributed by atoms with Gasteiger partial charge in [0.2, 0.25) is 0 Å². The highest BCUT2D eigenvalue weighted by Gasteiger charge is 2.28. The quantitative estimate of drug-likeness (QED) is 0.446. The van der Waals surface area contributed by atoms with Crippen LogP contribution in [0.4, 0.5) is 17.3 Å². The molecule has 5 rings (SSSR count). The van der Waals surface area contributed by atoms with Gasteiger partial charge in [0, 0.05) is 49.2 Å². The van der Waals surface area contributed by atoms with E-state index in [1.54, 1.807) is 24.3 Å². The zero-order chi connectivity index (χ0) is 25.4. The van der Waals surface area contributed by atoms with Gasteiger partial charge < -0.3 is 24.6 Å². The minimum atomic E-state index is -0.984. The van der Waals surface area contributed by atoms with Crippen molar-refractivity contribution in [1.29, 1.82) is 0 Å². The highest BCUT2D eigenvalue weighted by atomic mass is 16.4. The molecule has 2 saturated heterocycles. The van der Waals surface area contributed by atoms with E-state index in [0.29, 0.717) is 28.0 Å². The van der Waals surface area contributed by atoms with E-state index in [-0.39, 0.29) is 17.0 Å². The smallest absolute Gasteiger partial charge is 0.337 e. The Bertz CT molecular complexity index is 1330. The van der Waals surface area contributed by atoms with Gasteiger partial charge in [0.25, 0.3) is 0 Å². The Kier molecular flexibility index (Phi) is 6.41. The Hall–Kier alpha value is -3.48. The van der Waals surface area contributed by atoms with Gasteiger partial charge in [-0.15, -0.1) is 0 Å². The molecule has 190 valence electrons. The number of anilines is 3. The third-order valence-corrected chi connectivity index (χ3v) is 7.72. The minimum Gasteiger partial charge on any atom is -0.478 e. The Morgan fingerprint density at radius 1 is 1.03 bits per heavy atom. The number of carbonyl (C=O) groups is 1. The van der Waals surface area contributed by atoms with Gasteiger partial charge in [-0.3, -0.25) is 4.79 Å². The van der Waals surface area contributed by atoms with E-state index in [9.17, 15) is 14.7 Å². The zero-order valence-corrected chi connectivity index (χ0v) is 21.3. The highest BCUT2D eigenvalue weighted by Crippen LogP contribution is 2.36. The van der Waals surface area contributed by atoms with Crippen LogP contribution in [0.1, 0.15) is 68.4 Å². The normalized spacial score (nSPS) is 18.4. The second kappa shape index (κ2) is 9.52. The molecule has 0 spiro atoms. The predicted octanol–water partition coefficient (Wildman–Crippen LogP) is 5.89. The van der Waals surface area contributed by atoms with E-state index in [4.69, 9.17) is 4.42 Å². The summed E-state index contributed by atoms with van der Waals surface area (Å²) in [5, 5.41) is 13.6. The molecule has 0 bridgehead atoms. The lowest BCUT2D eigenvalue weighted by atomic mass is 9.83. The van der Waals surface area contributed by atoms with Crippen LogP contribution in [0.25, 0.3) is 11.0 Å². The van der Waals surface area contributed by atoms with Crippen LogP contribution in [0.2, 0.25) is 0 Å². The number of rotatable bonds is 6. The molecule has 2 aliphatic rings. The maximum Gasteiger partial charge on any atom is 0.337 e. The lowest BCUT2D eigenvalue weighted by Crippen LogP contribution is -2.37. The Labute approximate surface area is 211 Å². The maximum absolute atomic E-state index is 13.4. The van der Waals surface area contributed by atoms with Crippen molar-refractivity contribution < 1.29 is 14.3 Å². The van der Waals surface area contributed by atoms with Crippen molar-refractivity contribution in [3.8, 4) is 0 Å². The predicted molar refractivity (Wildman–Crippen MR) is 145 cm³/mol. The first-order valence-corrected chi connectivity index (χ1v) is 12.9. The number of para-hydroxylation sites is 1. The average Bonchev–Trinajstić information content (AvgIpc) is 3.39. The molecular weight excluding hydrogens is 454 g/mol. The number of benzene rings is 2. The molecule has 2 fully saturated rings. The number of nitrogens with zero attached hydrogens (tertiary/aromatic N) is 2. The largest absolute Gasteiger partial charge is 0.478 e.